The van der Waals surface area contributed by atoms with Gasteiger partial charge >= 0.3 is 0 Å². The molecule has 5 heteroatoms. The van der Waals surface area contributed by atoms with Crippen LogP contribution in [0.5, 0.6) is 0 Å². The summed E-state index contributed by atoms with van der Waals surface area (Å²) in [6.07, 6.45) is 5.94. The maximum absolute atomic E-state index is 6.57. The van der Waals surface area contributed by atoms with Crippen LogP contribution in [0.3, 0.4) is 0 Å². The first-order valence-electron chi connectivity index (χ1n) is 7.45. The van der Waals surface area contributed by atoms with Crippen LogP contribution in [0, 0.1) is 5.92 Å². The van der Waals surface area contributed by atoms with Crippen LogP contribution in [0.1, 0.15) is 64.2 Å². The van der Waals surface area contributed by atoms with Gasteiger partial charge in [0.1, 0.15) is 0 Å². The molecule has 0 aromatic carbocycles. The number of rotatable bonds is 4. The van der Waals surface area contributed by atoms with E-state index in [1.165, 1.54) is 0 Å². The molecule has 1 saturated carbocycles. The van der Waals surface area contributed by atoms with Crippen molar-refractivity contribution in [1.29, 1.82) is 0 Å². The zero-order valence-corrected chi connectivity index (χ0v) is 13.7. The Morgan fingerprint density at radius 3 is 2.55 bits per heavy atom. The molecule has 0 bridgehead atoms. The third-order valence-corrected chi connectivity index (χ3v) is 4.96. The van der Waals surface area contributed by atoms with E-state index >= 15 is 0 Å². The van der Waals surface area contributed by atoms with E-state index in [0.29, 0.717) is 5.02 Å². The molecule has 1 unspecified atom stereocenters. The molecule has 2 rings (SSSR count). The predicted octanol–water partition coefficient (Wildman–Crippen LogP) is 3.71. The minimum atomic E-state index is -0.317. The van der Waals surface area contributed by atoms with Crippen molar-refractivity contribution in [2.75, 3.05) is 7.11 Å². The SMILES string of the molecule is COC1(C(N)c2c(Cl)cnn2C(C)C)CCC(C)CC1. The number of nitrogens with zero attached hydrogens (tertiary/aromatic N) is 2. The molecule has 1 fully saturated rings. The summed E-state index contributed by atoms with van der Waals surface area (Å²) in [4.78, 5) is 0. The molecule has 1 heterocycles. The molecule has 0 saturated heterocycles. The highest BCUT2D eigenvalue weighted by molar-refractivity contribution is 6.31. The van der Waals surface area contributed by atoms with E-state index in [1.807, 2.05) is 4.68 Å². The van der Waals surface area contributed by atoms with Crippen LogP contribution in [0.4, 0.5) is 0 Å². The van der Waals surface area contributed by atoms with Gasteiger partial charge in [0.05, 0.1) is 28.6 Å². The second-order valence-electron chi connectivity index (χ2n) is 6.35. The molecule has 0 aliphatic heterocycles. The molecular formula is C15H26ClN3O. The number of aromatic nitrogens is 2. The monoisotopic (exact) mass is 299 g/mol. The summed E-state index contributed by atoms with van der Waals surface area (Å²) in [6.45, 7) is 6.46. The Bertz CT molecular complexity index is 450. The molecule has 20 heavy (non-hydrogen) atoms. The quantitative estimate of drug-likeness (QED) is 0.922. The lowest BCUT2D eigenvalue weighted by Gasteiger charge is -2.42. The number of halogens is 1. The van der Waals surface area contributed by atoms with Crippen molar-refractivity contribution < 1.29 is 4.74 Å². The minimum absolute atomic E-state index is 0.236. The molecule has 1 aromatic rings. The predicted molar refractivity (Wildman–Crippen MR) is 81.9 cm³/mol. The number of hydrogen-bond donors (Lipinski definition) is 1. The third kappa shape index (κ3) is 2.74. The lowest BCUT2D eigenvalue weighted by atomic mass is 9.74. The molecule has 1 aromatic heterocycles. The topological polar surface area (TPSA) is 53.1 Å². The zero-order valence-electron chi connectivity index (χ0n) is 12.9. The first-order chi connectivity index (χ1) is 9.41. The molecule has 2 N–H and O–H groups in total. The van der Waals surface area contributed by atoms with Gasteiger partial charge in [-0.15, -0.1) is 0 Å². The molecule has 1 aliphatic carbocycles. The molecule has 1 aliphatic rings. The highest BCUT2D eigenvalue weighted by Gasteiger charge is 2.42. The Balaban J connectivity index is 2.34. The number of nitrogens with two attached hydrogens (primary N) is 1. The van der Waals surface area contributed by atoms with E-state index in [4.69, 9.17) is 22.1 Å². The van der Waals surface area contributed by atoms with Crippen molar-refractivity contribution in [2.24, 2.45) is 11.7 Å². The summed E-state index contributed by atoms with van der Waals surface area (Å²) < 4.78 is 7.80. The minimum Gasteiger partial charge on any atom is -0.376 e. The average Bonchev–Trinajstić information content (AvgIpc) is 2.81. The molecule has 0 spiro atoms. The van der Waals surface area contributed by atoms with E-state index in [-0.39, 0.29) is 17.7 Å². The molecule has 114 valence electrons. The summed E-state index contributed by atoms with van der Waals surface area (Å²) in [6, 6.07) is -0.00243. The van der Waals surface area contributed by atoms with E-state index in [0.717, 1.165) is 37.3 Å². The van der Waals surface area contributed by atoms with Crippen molar-refractivity contribution in [1.82, 2.24) is 9.78 Å². The summed E-state index contributed by atoms with van der Waals surface area (Å²) >= 11 is 6.33. The van der Waals surface area contributed by atoms with Gasteiger partial charge in [-0.1, -0.05) is 18.5 Å². The zero-order chi connectivity index (χ0) is 14.9. The number of ether oxygens (including phenoxy) is 1. The van der Waals surface area contributed by atoms with Crippen molar-refractivity contribution in [3.8, 4) is 0 Å². The summed E-state index contributed by atoms with van der Waals surface area (Å²) in [7, 11) is 1.76. The standard InChI is InChI=1S/C15H26ClN3O/c1-10(2)19-13(12(16)9-18-19)14(17)15(20-4)7-5-11(3)6-8-15/h9-11,14H,5-8,17H2,1-4H3. The fraction of sp³-hybridized carbons (Fsp3) is 0.800. The second-order valence-corrected chi connectivity index (χ2v) is 6.75. The molecule has 1 atom stereocenters. The Hall–Kier alpha value is -0.580. The second kappa shape index (κ2) is 6.04. The van der Waals surface area contributed by atoms with Gasteiger partial charge in [-0.25, -0.2) is 0 Å². The van der Waals surface area contributed by atoms with Crippen LogP contribution in [-0.4, -0.2) is 22.5 Å². The van der Waals surface area contributed by atoms with Crippen LogP contribution >= 0.6 is 11.6 Å². The van der Waals surface area contributed by atoms with Gasteiger partial charge in [-0.3, -0.25) is 4.68 Å². The van der Waals surface area contributed by atoms with Gasteiger partial charge in [0.15, 0.2) is 0 Å². The Kier molecular flexibility index (Phi) is 4.77. The normalized spacial score (nSPS) is 28.9. The van der Waals surface area contributed by atoms with Gasteiger partial charge in [0.2, 0.25) is 0 Å². The number of hydrogen-bond acceptors (Lipinski definition) is 3. The maximum atomic E-state index is 6.57. The molecule has 0 amide bonds. The van der Waals surface area contributed by atoms with Crippen molar-refractivity contribution in [3.05, 3.63) is 16.9 Å². The Morgan fingerprint density at radius 2 is 2.05 bits per heavy atom. The molecule has 4 nitrogen and oxygen atoms in total. The van der Waals surface area contributed by atoms with Crippen LogP contribution in [0.25, 0.3) is 0 Å². The first kappa shape index (κ1) is 15.8. The Labute approximate surface area is 126 Å². The Morgan fingerprint density at radius 1 is 1.45 bits per heavy atom. The van der Waals surface area contributed by atoms with Crippen molar-refractivity contribution in [2.45, 2.75) is 64.1 Å². The van der Waals surface area contributed by atoms with Gasteiger partial charge in [-0.05, 0) is 45.4 Å². The highest BCUT2D eigenvalue weighted by Crippen LogP contribution is 2.43. The largest absolute Gasteiger partial charge is 0.376 e. The fourth-order valence-corrected chi connectivity index (χ4v) is 3.44. The average molecular weight is 300 g/mol. The van der Waals surface area contributed by atoms with Crippen LogP contribution in [-0.2, 0) is 4.74 Å². The lowest BCUT2D eigenvalue weighted by molar-refractivity contribution is -0.0690. The van der Waals surface area contributed by atoms with Gasteiger partial charge in [-0.2, -0.15) is 5.10 Å². The lowest BCUT2D eigenvalue weighted by Crippen LogP contribution is -2.46. The van der Waals surface area contributed by atoms with Crippen LogP contribution in [0.2, 0.25) is 5.02 Å². The summed E-state index contributed by atoms with van der Waals surface area (Å²) in [5.74, 6) is 0.746. The van der Waals surface area contributed by atoms with E-state index in [9.17, 15) is 0 Å². The van der Waals surface area contributed by atoms with Gasteiger partial charge in [0, 0.05) is 13.2 Å². The fourth-order valence-electron chi connectivity index (χ4n) is 3.20. The van der Waals surface area contributed by atoms with Gasteiger partial charge < -0.3 is 10.5 Å². The first-order valence-corrected chi connectivity index (χ1v) is 7.82. The number of methoxy groups -OCH3 is 1. The van der Waals surface area contributed by atoms with Crippen molar-refractivity contribution >= 4 is 11.6 Å². The summed E-state index contributed by atoms with van der Waals surface area (Å²) in [5.41, 5.74) is 7.16. The van der Waals surface area contributed by atoms with E-state index in [1.54, 1.807) is 13.3 Å². The highest BCUT2D eigenvalue weighted by atomic mass is 35.5. The summed E-state index contributed by atoms with van der Waals surface area (Å²) in [5, 5.41) is 5.00. The smallest absolute Gasteiger partial charge is 0.0886 e. The third-order valence-electron chi connectivity index (χ3n) is 4.66. The van der Waals surface area contributed by atoms with Crippen molar-refractivity contribution in [3.63, 3.8) is 0 Å². The van der Waals surface area contributed by atoms with Crippen LogP contribution < -0.4 is 5.73 Å². The van der Waals surface area contributed by atoms with E-state index < -0.39 is 0 Å². The molecule has 0 radical (unpaired) electrons. The molecular weight excluding hydrogens is 274 g/mol. The van der Waals surface area contributed by atoms with Gasteiger partial charge in [0.25, 0.3) is 0 Å². The van der Waals surface area contributed by atoms with Crippen LogP contribution in [0.15, 0.2) is 6.20 Å². The van der Waals surface area contributed by atoms with E-state index in [2.05, 4.69) is 25.9 Å². The maximum Gasteiger partial charge on any atom is 0.0886 e.